The van der Waals surface area contributed by atoms with Gasteiger partial charge >= 0.3 is 11.9 Å². The number of hydrogen-bond acceptors (Lipinski definition) is 6. The molecule has 0 aliphatic rings. The lowest BCUT2D eigenvalue weighted by molar-refractivity contribution is -0.420. The fraction of sp³-hybridized carbons (Fsp3) is 0.263. The fourth-order valence-corrected chi connectivity index (χ4v) is 2.04. The first-order valence-electron chi connectivity index (χ1n) is 7.89. The highest BCUT2D eigenvalue weighted by atomic mass is 17.3. The molecule has 6 nitrogen and oxygen atoms in total. The average molecular weight is 344 g/mol. The summed E-state index contributed by atoms with van der Waals surface area (Å²) in [7, 11) is 0. The third-order valence-corrected chi connectivity index (χ3v) is 3.53. The second kappa shape index (κ2) is 8.96. The minimum absolute atomic E-state index is 0.308. The molecule has 0 heterocycles. The van der Waals surface area contributed by atoms with Crippen LogP contribution in [0.3, 0.4) is 0 Å². The second-order valence-electron chi connectivity index (χ2n) is 5.40. The summed E-state index contributed by atoms with van der Waals surface area (Å²) in [5.74, 6) is -1.30. The van der Waals surface area contributed by atoms with E-state index >= 15 is 0 Å². The van der Waals surface area contributed by atoms with Crippen molar-refractivity contribution < 1.29 is 29.1 Å². The number of hydrogen-bond donors (Lipinski definition) is 0. The monoisotopic (exact) mass is 344 g/mol. The number of carbonyl (C=O) groups is 2. The van der Waals surface area contributed by atoms with Gasteiger partial charge in [-0.2, -0.15) is 0 Å². The highest BCUT2D eigenvalue weighted by Gasteiger charge is 2.19. The molecule has 0 bridgehead atoms. The van der Waals surface area contributed by atoms with E-state index in [1.165, 1.54) is 0 Å². The van der Waals surface area contributed by atoms with Gasteiger partial charge < -0.3 is 0 Å². The first kappa shape index (κ1) is 18.6. The third kappa shape index (κ3) is 5.14. The zero-order valence-corrected chi connectivity index (χ0v) is 14.4. The molecular formula is C19H20O6. The lowest BCUT2D eigenvalue weighted by Gasteiger charge is -2.14. The van der Waals surface area contributed by atoms with Crippen molar-refractivity contribution in [2.45, 2.75) is 33.5 Å². The van der Waals surface area contributed by atoms with Crippen LogP contribution in [0.15, 0.2) is 48.5 Å². The Hall–Kier alpha value is -2.70. The lowest BCUT2D eigenvalue weighted by atomic mass is 10.1. The summed E-state index contributed by atoms with van der Waals surface area (Å²) >= 11 is 0. The molecule has 2 aromatic rings. The third-order valence-electron chi connectivity index (χ3n) is 3.53. The van der Waals surface area contributed by atoms with Gasteiger partial charge in [0.2, 0.25) is 6.29 Å². The van der Waals surface area contributed by atoms with Crippen LogP contribution in [0.4, 0.5) is 0 Å². The SMILES string of the molecule is CCC(OOC(=O)c1ccccc1C)OOC(=O)c1ccccc1C. The van der Waals surface area contributed by atoms with Gasteiger partial charge in [0.1, 0.15) is 0 Å². The van der Waals surface area contributed by atoms with Crippen molar-refractivity contribution in [3.05, 3.63) is 70.8 Å². The minimum atomic E-state index is -1.03. The Balaban J connectivity index is 1.86. The Kier molecular flexibility index (Phi) is 6.68. The van der Waals surface area contributed by atoms with Gasteiger partial charge in [-0.15, -0.1) is 9.78 Å². The molecule has 0 amide bonds. The second-order valence-corrected chi connectivity index (χ2v) is 5.40. The standard InChI is InChI=1S/C19H20O6/c1-4-17(22-24-18(20)15-11-7-5-9-13(15)2)23-25-19(21)16-12-8-6-10-14(16)3/h5-12,17H,4H2,1-3H3. The van der Waals surface area contributed by atoms with E-state index in [-0.39, 0.29) is 0 Å². The van der Waals surface area contributed by atoms with Crippen LogP contribution in [-0.4, -0.2) is 18.2 Å². The molecule has 0 fully saturated rings. The number of rotatable bonds is 7. The molecule has 2 aromatic carbocycles. The van der Waals surface area contributed by atoms with E-state index in [9.17, 15) is 9.59 Å². The van der Waals surface area contributed by atoms with Crippen molar-refractivity contribution in [1.29, 1.82) is 0 Å². The molecular weight excluding hydrogens is 324 g/mol. The van der Waals surface area contributed by atoms with Crippen molar-refractivity contribution >= 4 is 11.9 Å². The van der Waals surface area contributed by atoms with Crippen molar-refractivity contribution in [3.8, 4) is 0 Å². The van der Waals surface area contributed by atoms with Gasteiger partial charge in [-0.3, -0.25) is 9.78 Å². The summed E-state index contributed by atoms with van der Waals surface area (Å²) < 4.78 is 0. The van der Waals surface area contributed by atoms with E-state index in [0.29, 0.717) is 17.5 Å². The largest absolute Gasteiger partial charge is 0.373 e. The summed E-state index contributed by atoms with van der Waals surface area (Å²) in [5.41, 5.74) is 2.29. The van der Waals surface area contributed by atoms with Gasteiger partial charge in [0.25, 0.3) is 0 Å². The lowest BCUT2D eigenvalue weighted by Crippen LogP contribution is -2.22. The molecule has 0 saturated carbocycles. The summed E-state index contributed by atoms with van der Waals surface area (Å²) in [6, 6.07) is 13.9. The average Bonchev–Trinajstić information content (AvgIpc) is 2.62. The van der Waals surface area contributed by atoms with Crippen LogP contribution in [0.5, 0.6) is 0 Å². The smallest absolute Gasteiger partial charge is 0.290 e. The molecule has 6 heteroatoms. The number of carbonyl (C=O) groups excluding carboxylic acids is 2. The molecule has 0 spiro atoms. The van der Waals surface area contributed by atoms with Gasteiger partial charge in [0.15, 0.2) is 0 Å². The fourth-order valence-electron chi connectivity index (χ4n) is 2.04. The van der Waals surface area contributed by atoms with Crippen LogP contribution >= 0.6 is 0 Å². The zero-order valence-electron chi connectivity index (χ0n) is 14.4. The quantitative estimate of drug-likeness (QED) is 0.431. The molecule has 2 rings (SSSR count). The molecule has 0 saturated heterocycles. The molecule has 0 N–H and O–H groups in total. The van der Waals surface area contributed by atoms with Gasteiger partial charge in [-0.25, -0.2) is 9.59 Å². The van der Waals surface area contributed by atoms with Crippen molar-refractivity contribution in [2.75, 3.05) is 0 Å². The Bertz CT molecular complexity index is 679. The van der Waals surface area contributed by atoms with Crippen LogP contribution in [-0.2, 0) is 19.6 Å². The molecule has 25 heavy (non-hydrogen) atoms. The highest BCUT2D eigenvalue weighted by Crippen LogP contribution is 2.13. The molecule has 0 aliphatic heterocycles. The van der Waals surface area contributed by atoms with Crippen molar-refractivity contribution in [1.82, 2.24) is 0 Å². The number of benzene rings is 2. The van der Waals surface area contributed by atoms with Crippen LogP contribution in [0.25, 0.3) is 0 Å². The predicted octanol–water partition coefficient (Wildman–Crippen LogP) is 3.92. The summed E-state index contributed by atoms with van der Waals surface area (Å²) in [4.78, 5) is 43.4. The Morgan fingerprint density at radius 3 is 1.56 bits per heavy atom. The van der Waals surface area contributed by atoms with E-state index in [4.69, 9.17) is 19.6 Å². The molecule has 132 valence electrons. The molecule has 0 atom stereocenters. The topological polar surface area (TPSA) is 71.1 Å². The van der Waals surface area contributed by atoms with E-state index in [2.05, 4.69) is 0 Å². The van der Waals surface area contributed by atoms with Crippen LogP contribution in [0.1, 0.15) is 45.2 Å². The first-order valence-corrected chi connectivity index (χ1v) is 7.89. The van der Waals surface area contributed by atoms with Crippen LogP contribution < -0.4 is 0 Å². The maximum absolute atomic E-state index is 12.0. The van der Waals surface area contributed by atoms with Gasteiger partial charge in [-0.1, -0.05) is 43.3 Å². The molecule has 0 aromatic heterocycles. The highest BCUT2D eigenvalue weighted by molar-refractivity contribution is 5.91. The van der Waals surface area contributed by atoms with E-state index in [1.54, 1.807) is 57.2 Å². The molecule has 0 aliphatic carbocycles. The van der Waals surface area contributed by atoms with E-state index in [1.807, 2.05) is 12.1 Å². The first-order chi connectivity index (χ1) is 12.0. The summed E-state index contributed by atoms with van der Waals surface area (Å²) in [5, 5.41) is 0. The van der Waals surface area contributed by atoms with E-state index in [0.717, 1.165) is 11.1 Å². The van der Waals surface area contributed by atoms with Crippen molar-refractivity contribution in [2.24, 2.45) is 0 Å². The van der Waals surface area contributed by atoms with Crippen LogP contribution in [0.2, 0.25) is 0 Å². The van der Waals surface area contributed by atoms with Gasteiger partial charge in [0, 0.05) is 6.42 Å². The number of aryl methyl sites for hydroxylation is 2. The van der Waals surface area contributed by atoms with Crippen molar-refractivity contribution in [3.63, 3.8) is 0 Å². The predicted molar refractivity (Wildman–Crippen MR) is 89.4 cm³/mol. The Morgan fingerprint density at radius 2 is 1.20 bits per heavy atom. The zero-order chi connectivity index (χ0) is 18.2. The Labute approximate surface area is 146 Å². The summed E-state index contributed by atoms with van der Waals surface area (Å²) in [6.07, 6.45) is -0.719. The minimum Gasteiger partial charge on any atom is -0.290 e. The van der Waals surface area contributed by atoms with E-state index < -0.39 is 18.2 Å². The molecule has 0 unspecified atom stereocenters. The maximum Gasteiger partial charge on any atom is 0.373 e. The maximum atomic E-state index is 12.0. The Morgan fingerprint density at radius 1 is 0.800 bits per heavy atom. The normalized spacial score (nSPS) is 10.6. The molecule has 0 radical (unpaired) electrons. The van der Waals surface area contributed by atoms with Crippen LogP contribution in [0, 0.1) is 13.8 Å². The summed E-state index contributed by atoms with van der Waals surface area (Å²) in [6.45, 7) is 5.30. The van der Waals surface area contributed by atoms with Gasteiger partial charge in [0.05, 0.1) is 11.1 Å². The van der Waals surface area contributed by atoms with Gasteiger partial charge in [-0.05, 0) is 37.1 Å².